The highest BCUT2D eigenvalue weighted by Gasteiger charge is 2.35. The van der Waals surface area contributed by atoms with Crippen molar-refractivity contribution < 1.29 is 19.5 Å². The summed E-state index contributed by atoms with van der Waals surface area (Å²) in [6.45, 7) is 3.28. The molecule has 1 aromatic rings. The van der Waals surface area contributed by atoms with E-state index in [1.165, 1.54) is 4.90 Å². The summed E-state index contributed by atoms with van der Waals surface area (Å²) in [6, 6.07) is 8.50. The van der Waals surface area contributed by atoms with Crippen LogP contribution in [0.2, 0.25) is 0 Å². The summed E-state index contributed by atoms with van der Waals surface area (Å²) in [5, 5.41) is 12.1. The van der Waals surface area contributed by atoms with E-state index in [9.17, 15) is 19.5 Å². The molecule has 0 radical (unpaired) electrons. The van der Waals surface area contributed by atoms with Gasteiger partial charge in [-0.2, -0.15) is 0 Å². The highest BCUT2D eigenvalue weighted by molar-refractivity contribution is 5.99. The second-order valence-corrected chi connectivity index (χ2v) is 7.25. The average Bonchev–Trinajstić information content (AvgIpc) is 2.63. The fourth-order valence-electron chi connectivity index (χ4n) is 3.81. The first kappa shape index (κ1) is 18.2. The summed E-state index contributed by atoms with van der Waals surface area (Å²) in [6.07, 6.45) is 1.97. The van der Waals surface area contributed by atoms with Gasteiger partial charge in [-0.1, -0.05) is 25.1 Å². The molecule has 3 amide bonds. The van der Waals surface area contributed by atoms with Crippen LogP contribution in [0, 0.1) is 11.8 Å². The highest BCUT2D eigenvalue weighted by Crippen LogP contribution is 2.23. The third kappa shape index (κ3) is 3.98. The summed E-state index contributed by atoms with van der Waals surface area (Å²) in [4.78, 5) is 39.9. The maximum absolute atomic E-state index is 12.8. The second kappa shape index (κ2) is 7.76. The Morgan fingerprint density at radius 1 is 1.19 bits per heavy atom. The Morgan fingerprint density at radius 3 is 2.62 bits per heavy atom. The van der Waals surface area contributed by atoms with Crippen molar-refractivity contribution in [2.45, 2.75) is 32.2 Å². The number of carbonyl (C=O) groups excluding carboxylic acids is 2. The van der Waals surface area contributed by atoms with E-state index in [0.29, 0.717) is 25.9 Å². The fraction of sp³-hybridized carbons (Fsp3) is 0.526. The molecule has 26 heavy (non-hydrogen) atoms. The van der Waals surface area contributed by atoms with Gasteiger partial charge in [0, 0.05) is 25.3 Å². The number of amides is 3. The van der Waals surface area contributed by atoms with Crippen LogP contribution in [0.5, 0.6) is 0 Å². The Balaban J connectivity index is 1.65. The maximum atomic E-state index is 12.8. The van der Waals surface area contributed by atoms with Gasteiger partial charge in [-0.25, -0.2) is 4.79 Å². The first-order valence-corrected chi connectivity index (χ1v) is 9.10. The molecule has 0 spiro atoms. The number of benzene rings is 1. The van der Waals surface area contributed by atoms with Crippen LogP contribution < -0.4 is 10.2 Å². The molecule has 7 nitrogen and oxygen atoms in total. The van der Waals surface area contributed by atoms with Gasteiger partial charge in [0.2, 0.25) is 5.91 Å². The van der Waals surface area contributed by atoms with E-state index in [0.717, 1.165) is 12.1 Å². The smallest absolute Gasteiger partial charge is 0.318 e. The normalized spacial score (nSPS) is 26.5. The van der Waals surface area contributed by atoms with Crippen LogP contribution in [0.3, 0.4) is 0 Å². The molecule has 1 aromatic carbocycles. The molecule has 2 N–H and O–H groups in total. The van der Waals surface area contributed by atoms with E-state index in [1.54, 1.807) is 4.90 Å². The number of aliphatic carboxylic acids is 1. The number of nitrogens with one attached hydrogen (secondary N) is 1. The van der Waals surface area contributed by atoms with Gasteiger partial charge in [0.05, 0.1) is 5.92 Å². The number of anilines is 1. The van der Waals surface area contributed by atoms with Crippen molar-refractivity contribution in [2.24, 2.45) is 11.8 Å². The predicted molar refractivity (Wildman–Crippen MR) is 96.8 cm³/mol. The summed E-state index contributed by atoms with van der Waals surface area (Å²) < 4.78 is 0. The molecular formula is C19H25N3O4. The first-order valence-electron chi connectivity index (χ1n) is 9.10. The van der Waals surface area contributed by atoms with Crippen molar-refractivity contribution in [1.29, 1.82) is 0 Å². The number of carbonyl (C=O) groups is 3. The van der Waals surface area contributed by atoms with E-state index in [1.807, 2.05) is 37.3 Å². The SMILES string of the molecule is CC1CC(C(=O)O)CN(C(=O)NC2CCCN(c3ccccc3)C2=O)C1. The highest BCUT2D eigenvalue weighted by atomic mass is 16.4. The molecule has 7 heteroatoms. The Kier molecular flexibility index (Phi) is 5.44. The van der Waals surface area contributed by atoms with Crippen LogP contribution >= 0.6 is 0 Å². The molecule has 2 saturated heterocycles. The Labute approximate surface area is 153 Å². The lowest BCUT2D eigenvalue weighted by Gasteiger charge is -2.37. The minimum atomic E-state index is -0.877. The number of urea groups is 1. The zero-order chi connectivity index (χ0) is 18.7. The number of hydrogen-bond acceptors (Lipinski definition) is 3. The maximum Gasteiger partial charge on any atom is 0.318 e. The van der Waals surface area contributed by atoms with Crippen molar-refractivity contribution in [3.05, 3.63) is 30.3 Å². The van der Waals surface area contributed by atoms with E-state index in [-0.39, 0.29) is 24.4 Å². The third-order valence-corrected chi connectivity index (χ3v) is 5.10. The molecule has 0 aliphatic carbocycles. The molecule has 3 atom stereocenters. The van der Waals surface area contributed by atoms with Crippen molar-refractivity contribution >= 4 is 23.6 Å². The molecule has 2 aliphatic rings. The average molecular weight is 359 g/mol. The lowest BCUT2D eigenvalue weighted by molar-refractivity contribution is -0.143. The largest absolute Gasteiger partial charge is 0.481 e. The van der Waals surface area contributed by atoms with Crippen molar-refractivity contribution in [3.8, 4) is 0 Å². The van der Waals surface area contributed by atoms with Gasteiger partial charge in [0.1, 0.15) is 6.04 Å². The number of hydrogen-bond donors (Lipinski definition) is 2. The quantitative estimate of drug-likeness (QED) is 0.863. The third-order valence-electron chi connectivity index (χ3n) is 5.10. The lowest BCUT2D eigenvalue weighted by Crippen LogP contribution is -2.57. The van der Waals surface area contributed by atoms with Crippen LogP contribution in [0.25, 0.3) is 0 Å². The van der Waals surface area contributed by atoms with E-state index < -0.39 is 17.9 Å². The molecule has 2 fully saturated rings. The van der Waals surface area contributed by atoms with Gasteiger partial charge in [-0.05, 0) is 37.3 Å². The molecule has 3 rings (SSSR count). The van der Waals surface area contributed by atoms with Crippen LogP contribution in [0.1, 0.15) is 26.2 Å². The van der Waals surface area contributed by atoms with E-state index >= 15 is 0 Å². The number of likely N-dealkylation sites (tertiary alicyclic amines) is 1. The van der Waals surface area contributed by atoms with Crippen LogP contribution in [0.4, 0.5) is 10.5 Å². The number of nitrogens with zero attached hydrogens (tertiary/aromatic N) is 2. The monoisotopic (exact) mass is 359 g/mol. The van der Waals surface area contributed by atoms with Crippen LogP contribution in [-0.2, 0) is 9.59 Å². The van der Waals surface area contributed by atoms with Crippen molar-refractivity contribution in [1.82, 2.24) is 10.2 Å². The molecule has 0 saturated carbocycles. The summed E-state index contributed by atoms with van der Waals surface area (Å²) >= 11 is 0. The molecule has 3 unspecified atom stereocenters. The molecule has 2 heterocycles. The van der Waals surface area contributed by atoms with Gasteiger partial charge >= 0.3 is 12.0 Å². The zero-order valence-electron chi connectivity index (χ0n) is 14.9. The van der Waals surface area contributed by atoms with Gasteiger partial charge in [0.25, 0.3) is 0 Å². The molecule has 2 aliphatic heterocycles. The van der Waals surface area contributed by atoms with Gasteiger partial charge in [-0.3, -0.25) is 9.59 Å². The predicted octanol–water partition coefficient (Wildman–Crippen LogP) is 1.93. The second-order valence-electron chi connectivity index (χ2n) is 7.25. The lowest BCUT2D eigenvalue weighted by atomic mass is 9.91. The molecule has 140 valence electrons. The topological polar surface area (TPSA) is 89.9 Å². The Morgan fingerprint density at radius 2 is 1.92 bits per heavy atom. The minimum Gasteiger partial charge on any atom is -0.481 e. The fourth-order valence-corrected chi connectivity index (χ4v) is 3.81. The standard InChI is InChI=1S/C19H25N3O4/c1-13-10-14(18(24)25)12-21(11-13)19(26)20-16-8-5-9-22(17(16)23)15-6-3-2-4-7-15/h2-4,6-7,13-14,16H,5,8-12H2,1H3,(H,20,26)(H,24,25). The molecular weight excluding hydrogens is 334 g/mol. The van der Waals surface area contributed by atoms with Crippen LogP contribution in [0.15, 0.2) is 30.3 Å². The minimum absolute atomic E-state index is 0.115. The van der Waals surface area contributed by atoms with Crippen molar-refractivity contribution in [2.75, 3.05) is 24.5 Å². The Hall–Kier alpha value is -2.57. The van der Waals surface area contributed by atoms with Gasteiger partial charge in [-0.15, -0.1) is 0 Å². The number of rotatable bonds is 3. The summed E-state index contributed by atoms with van der Waals surface area (Å²) in [5.41, 5.74) is 0.828. The number of piperidine rings is 2. The number of carboxylic acids is 1. The molecule has 0 bridgehead atoms. The summed E-state index contributed by atoms with van der Waals surface area (Å²) in [7, 11) is 0. The van der Waals surface area contributed by atoms with E-state index in [2.05, 4.69) is 5.32 Å². The van der Waals surface area contributed by atoms with E-state index in [4.69, 9.17) is 0 Å². The zero-order valence-corrected chi connectivity index (χ0v) is 14.9. The van der Waals surface area contributed by atoms with Crippen LogP contribution in [-0.4, -0.2) is 53.6 Å². The Bertz CT molecular complexity index is 679. The number of carboxylic acid groups (broad SMARTS) is 1. The summed E-state index contributed by atoms with van der Waals surface area (Å²) in [5.74, 6) is -1.42. The number of para-hydroxylation sites is 1. The van der Waals surface area contributed by atoms with Gasteiger partial charge in [0.15, 0.2) is 0 Å². The first-order chi connectivity index (χ1) is 12.5. The molecule has 0 aromatic heterocycles. The van der Waals surface area contributed by atoms with Gasteiger partial charge < -0.3 is 20.2 Å². The van der Waals surface area contributed by atoms with Crippen molar-refractivity contribution in [3.63, 3.8) is 0 Å².